The molecule has 1 saturated heterocycles. The van der Waals surface area contributed by atoms with Gasteiger partial charge in [-0.1, -0.05) is 48.5 Å². The molecule has 2 aromatic rings. The lowest BCUT2D eigenvalue weighted by Crippen LogP contribution is -2.39. The Bertz CT molecular complexity index is 741. The number of carbonyl (C=O) groups is 1. The molecule has 1 fully saturated rings. The summed E-state index contributed by atoms with van der Waals surface area (Å²) in [5, 5.41) is 3.39. The van der Waals surface area contributed by atoms with E-state index in [0.717, 1.165) is 37.2 Å². The van der Waals surface area contributed by atoms with E-state index in [2.05, 4.69) is 30.4 Å². The summed E-state index contributed by atoms with van der Waals surface area (Å²) in [4.78, 5) is 15.2. The second-order valence-electron chi connectivity index (χ2n) is 7.77. The van der Waals surface area contributed by atoms with Gasteiger partial charge in [-0.2, -0.15) is 0 Å². The fourth-order valence-corrected chi connectivity index (χ4v) is 4.00. The predicted octanol–water partition coefficient (Wildman–Crippen LogP) is 4.04. The number of nitrogens with one attached hydrogen (secondary N) is 1. The summed E-state index contributed by atoms with van der Waals surface area (Å²) in [6.07, 6.45) is 3.56. The molecule has 0 radical (unpaired) electrons. The number of amides is 1. The van der Waals surface area contributed by atoms with Crippen molar-refractivity contribution in [3.63, 3.8) is 0 Å². The number of ether oxygens (including phenoxy) is 1. The van der Waals surface area contributed by atoms with Crippen LogP contribution in [0.2, 0.25) is 0 Å². The number of methoxy groups -OCH3 is 1. The van der Waals surface area contributed by atoms with E-state index in [4.69, 9.17) is 4.74 Å². The van der Waals surface area contributed by atoms with Gasteiger partial charge in [0, 0.05) is 19.0 Å². The van der Waals surface area contributed by atoms with E-state index in [1.807, 2.05) is 41.3 Å². The van der Waals surface area contributed by atoms with Crippen LogP contribution in [0.1, 0.15) is 37.3 Å². The van der Waals surface area contributed by atoms with Crippen molar-refractivity contribution in [3.8, 4) is 5.75 Å². The molecule has 0 bridgehead atoms. The second-order valence-corrected chi connectivity index (χ2v) is 7.77. The van der Waals surface area contributed by atoms with Crippen LogP contribution in [0.5, 0.6) is 5.75 Å². The van der Waals surface area contributed by atoms with Gasteiger partial charge >= 0.3 is 0 Å². The van der Waals surface area contributed by atoms with E-state index in [-0.39, 0.29) is 11.9 Å². The third-order valence-electron chi connectivity index (χ3n) is 5.68. The average molecular weight is 381 g/mol. The largest absolute Gasteiger partial charge is 0.496 e. The zero-order chi connectivity index (χ0) is 19.8. The van der Waals surface area contributed by atoms with Crippen LogP contribution in [-0.2, 0) is 17.8 Å². The molecule has 1 amide bonds. The highest BCUT2D eigenvalue weighted by molar-refractivity contribution is 5.76. The quantitative estimate of drug-likeness (QED) is 0.714. The Kier molecular flexibility index (Phi) is 7.49. The SMILES string of the molecule is COc1ccccc1CC(C)N(Cc1ccccc1)C(=O)CCC1CCNC1. The molecule has 4 nitrogen and oxygen atoms in total. The van der Waals surface area contributed by atoms with Gasteiger partial charge in [-0.25, -0.2) is 0 Å². The van der Waals surface area contributed by atoms with Crippen molar-refractivity contribution in [2.75, 3.05) is 20.2 Å². The Morgan fingerprint density at radius 3 is 2.64 bits per heavy atom. The van der Waals surface area contributed by atoms with Crippen LogP contribution < -0.4 is 10.1 Å². The van der Waals surface area contributed by atoms with Gasteiger partial charge in [0.2, 0.25) is 5.91 Å². The highest BCUT2D eigenvalue weighted by atomic mass is 16.5. The number of hydrogen-bond donors (Lipinski definition) is 1. The molecular weight excluding hydrogens is 348 g/mol. The first kappa shape index (κ1) is 20.4. The molecule has 150 valence electrons. The number of benzene rings is 2. The zero-order valence-electron chi connectivity index (χ0n) is 17.1. The van der Waals surface area contributed by atoms with Crippen molar-refractivity contribution >= 4 is 5.91 Å². The van der Waals surface area contributed by atoms with E-state index in [0.29, 0.717) is 18.9 Å². The van der Waals surface area contributed by atoms with Gasteiger partial charge in [-0.3, -0.25) is 4.79 Å². The van der Waals surface area contributed by atoms with E-state index in [1.54, 1.807) is 7.11 Å². The molecule has 1 heterocycles. The van der Waals surface area contributed by atoms with Crippen LogP contribution in [0.25, 0.3) is 0 Å². The molecule has 0 spiro atoms. The van der Waals surface area contributed by atoms with Crippen LogP contribution in [0, 0.1) is 5.92 Å². The average Bonchev–Trinajstić information content (AvgIpc) is 3.25. The molecule has 28 heavy (non-hydrogen) atoms. The van der Waals surface area contributed by atoms with Crippen molar-refractivity contribution in [1.29, 1.82) is 0 Å². The number of rotatable bonds is 9. The van der Waals surface area contributed by atoms with Crippen LogP contribution in [0.15, 0.2) is 54.6 Å². The van der Waals surface area contributed by atoms with Gasteiger partial charge in [0.05, 0.1) is 7.11 Å². The van der Waals surface area contributed by atoms with Crippen molar-refractivity contribution in [2.24, 2.45) is 5.92 Å². The van der Waals surface area contributed by atoms with E-state index >= 15 is 0 Å². The monoisotopic (exact) mass is 380 g/mol. The molecule has 2 aromatic carbocycles. The molecule has 0 aromatic heterocycles. The molecule has 1 aliphatic heterocycles. The molecule has 4 heteroatoms. The second kappa shape index (κ2) is 10.3. The number of hydrogen-bond acceptors (Lipinski definition) is 3. The standard InChI is InChI=1S/C24H32N2O2/c1-19(16-22-10-6-7-11-23(22)28-2)26(18-21-8-4-3-5-9-21)24(27)13-12-20-14-15-25-17-20/h3-11,19-20,25H,12-18H2,1-2H3. The lowest BCUT2D eigenvalue weighted by Gasteiger charge is -2.30. The van der Waals surface area contributed by atoms with Gasteiger partial charge in [0.1, 0.15) is 5.75 Å². The van der Waals surface area contributed by atoms with Crippen molar-refractivity contribution in [2.45, 2.75) is 45.2 Å². The first-order valence-corrected chi connectivity index (χ1v) is 10.3. The van der Waals surface area contributed by atoms with Crippen LogP contribution in [0.4, 0.5) is 0 Å². The lowest BCUT2D eigenvalue weighted by atomic mass is 10.00. The number of carbonyl (C=O) groups excluding carboxylic acids is 1. The van der Waals surface area contributed by atoms with E-state index in [1.165, 1.54) is 12.0 Å². The lowest BCUT2D eigenvalue weighted by molar-refractivity contribution is -0.134. The molecule has 3 rings (SSSR count). The minimum atomic E-state index is 0.103. The summed E-state index contributed by atoms with van der Waals surface area (Å²) in [5.74, 6) is 1.77. The smallest absolute Gasteiger partial charge is 0.223 e. The third kappa shape index (κ3) is 5.59. The van der Waals surface area contributed by atoms with Crippen LogP contribution >= 0.6 is 0 Å². The van der Waals surface area contributed by atoms with Gasteiger partial charge in [-0.15, -0.1) is 0 Å². The van der Waals surface area contributed by atoms with Crippen molar-refractivity contribution in [1.82, 2.24) is 10.2 Å². The maximum Gasteiger partial charge on any atom is 0.223 e. The topological polar surface area (TPSA) is 41.6 Å². The van der Waals surface area contributed by atoms with E-state index in [9.17, 15) is 4.79 Å². The molecule has 1 aliphatic rings. The fourth-order valence-electron chi connectivity index (χ4n) is 4.00. The van der Waals surface area contributed by atoms with E-state index < -0.39 is 0 Å². The van der Waals surface area contributed by atoms with Crippen LogP contribution in [0.3, 0.4) is 0 Å². The first-order chi connectivity index (χ1) is 13.7. The Morgan fingerprint density at radius 2 is 1.93 bits per heavy atom. The Hall–Kier alpha value is -2.33. The predicted molar refractivity (Wildman–Crippen MR) is 113 cm³/mol. The summed E-state index contributed by atoms with van der Waals surface area (Å²) in [6.45, 7) is 4.92. The van der Waals surface area contributed by atoms with Gasteiger partial charge < -0.3 is 15.0 Å². The Balaban J connectivity index is 1.71. The normalized spacial score (nSPS) is 17.3. The van der Waals surface area contributed by atoms with Crippen LogP contribution in [-0.4, -0.2) is 37.0 Å². The summed E-state index contributed by atoms with van der Waals surface area (Å²) < 4.78 is 5.51. The fraction of sp³-hybridized carbons (Fsp3) is 0.458. The third-order valence-corrected chi connectivity index (χ3v) is 5.68. The minimum absolute atomic E-state index is 0.103. The number of nitrogens with zero attached hydrogens (tertiary/aromatic N) is 1. The summed E-state index contributed by atoms with van der Waals surface area (Å²) in [6, 6.07) is 18.5. The zero-order valence-corrected chi connectivity index (χ0v) is 17.1. The molecule has 0 aliphatic carbocycles. The Morgan fingerprint density at radius 1 is 1.18 bits per heavy atom. The minimum Gasteiger partial charge on any atom is -0.496 e. The van der Waals surface area contributed by atoms with Gasteiger partial charge in [0.15, 0.2) is 0 Å². The van der Waals surface area contributed by atoms with Crippen molar-refractivity contribution < 1.29 is 9.53 Å². The first-order valence-electron chi connectivity index (χ1n) is 10.3. The Labute approximate surface area is 168 Å². The maximum absolute atomic E-state index is 13.2. The summed E-state index contributed by atoms with van der Waals surface area (Å²) >= 11 is 0. The molecule has 1 N–H and O–H groups in total. The molecule has 2 atom stereocenters. The molecule has 0 saturated carbocycles. The number of para-hydroxylation sites is 1. The molecule has 2 unspecified atom stereocenters. The highest BCUT2D eigenvalue weighted by Crippen LogP contribution is 2.23. The highest BCUT2D eigenvalue weighted by Gasteiger charge is 2.23. The van der Waals surface area contributed by atoms with Crippen molar-refractivity contribution in [3.05, 3.63) is 65.7 Å². The van der Waals surface area contributed by atoms with Gasteiger partial charge in [0.25, 0.3) is 0 Å². The summed E-state index contributed by atoms with van der Waals surface area (Å²) in [5.41, 5.74) is 2.31. The van der Waals surface area contributed by atoms with Gasteiger partial charge in [-0.05, 0) is 62.4 Å². The summed E-state index contributed by atoms with van der Waals surface area (Å²) in [7, 11) is 1.70. The maximum atomic E-state index is 13.2. The molecular formula is C24H32N2O2.